The van der Waals surface area contributed by atoms with E-state index in [0.29, 0.717) is 0 Å². The first-order chi connectivity index (χ1) is 10.1. The molecule has 0 saturated carbocycles. The first-order valence-corrected chi connectivity index (χ1v) is 8.40. The Bertz CT molecular complexity index is 627. The van der Waals surface area contributed by atoms with E-state index in [4.69, 9.17) is 0 Å². The lowest BCUT2D eigenvalue weighted by Crippen LogP contribution is -2.29. The Morgan fingerprint density at radius 1 is 1.00 bits per heavy atom. The average Bonchev–Trinajstić information content (AvgIpc) is 2.75. The fraction of sp³-hybridized carbons (Fsp3) is 0.500. The second-order valence-corrected chi connectivity index (χ2v) is 7.05. The van der Waals surface area contributed by atoms with Crippen molar-refractivity contribution in [3.63, 3.8) is 0 Å². The third-order valence-corrected chi connectivity index (χ3v) is 4.79. The quantitative estimate of drug-likeness (QED) is 0.652. The van der Waals surface area contributed by atoms with Crippen molar-refractivity contribution in [3.8, 4) is 0 Å². The maximum absolute atomic E-state index is 2.61. The van der Waals surface area contributed by atoms with E-state index in [1.54, 1.807) is 5.56 Å². The molecular weight excluding hydrogens is 254 g/mol. The molecule has 0 unspecified atom stereocenters. The van der Waals surface area contributed by atoms with Gasteiger partial charge < -0.3 is 4.90 Å². The van der Waals surface area contributed by atoms with Gasteiger partial charge in [-0.2, -0.15) is 0 Å². The van der Waals surface area contributed by atoms with E-state index in [-0.39, 0.29) is 5.41 Å². The largest absolute Gasteiger partial charge is 0.370 e. The van der Waals surface area contributed by atoms with E-state index >= 15 is 0 Å². The molecule has 0 atom stereocenters. The SMILES string of the molecule is CCCCCCN1CC(C)(C)c2c1ccc1ccccc21. The number of rotatable bonds is 5. The molecule has 1 aliphatic heterocycles. The number of hydrogen-bond acceptors (Lipinski definition) is 1. The van der Waals surface area contributed by atoms with Crippen LogP contribution in [-0.2, 0) is 5.41 Å². The zero-order valence-corrected chi connectivity index (χ0v) is 13.7. The fourth-order valence-corrected chi connectivity index (χ4v) is 3.81. The highest BCUT2D eigenvalue weighted by Gasteiger charge is 2.35. The van der Waals surface area contributed by atoms with Gasteiger partial charge in [0.05, 0.1) is 0 Å². The first-order valence-electron chi connectivity index (χ1n) is 8.40. The smallest absolute Gasteiger partial charge is 0.0411 e. The molecule has 0 fully saturated rings. The number of fused-ring (bicyclic) bond motifs is 3. The minimum Gasteiger partial charge on any atom is -0.370 e. The number of hydrogen-bond donors (Lipinski definition) is 0. The summed E-state index contributed by atoms with van der Waals surface area (Å²) in [7, 11) is 0. The van der Waals surface area contributed by atoms with Crippen molar-refractivity contribution >= 4 is 16.5 Å². The normalized spacial score (nSPS) is 16.4. The lowest BCUT2D eigenvalue weighted by molar-refractivity contribution is 0.543. The summed E-state index contributed by atoms with van der Waals surface area (Å²) >= 11 is 0. The summed E-state index contributed by atoms with van der Waals surface area (Å²) in [5.41, 5.74) is 3.27. The molecule has 2 aromatic carbocycles. The summed E-state index contributed by atoms with van der Waals surface area (Å²) in [6.07, 6.45) is 5.35. The highest BCUT2D eigenvalue weighted by Crippen LogP contribution is 2.44. The Hall–Kier alpha value is -1.50. The molecule has 0 saturated heterocycles. The van der Waals surface area contributed by atoms with Gasteiger partial charge in [-0.15, -0.1) is 0 Å². The Balaban J connectivity index is 1.93. The van der Waals surface area contributed by atoms with Crippen molar-refractivity contribution in [1.29, 1.82) is 0 Å². The highest BCUT2D eigenvalue weighted by atomic mass is 15.2. The van der Waals surface area contributed by atoms with E-state index in [1.807, 2.05) is 0 Å². The van der Waals surface area contributed by atoms with Gasteiger partial charge >= 0.3 is 0 Å². The molecule has 0 aliphatic carbocycles. The number of benzene rings is 2. The Kier molecular flexibility index (Phi) is 3.93. The molecule has 0 N–H and O–H groups in total. The van der Waals surface area contributed by atoms with Gasteiger partial charge in [0.15, 0.2) is 0 Å². The molecule has 3 rings (SSSR count). The monoisotopic (exact) mass is 281 g/mol. The highest BCUT2D eigenvalue weighted by molar-refractivity contribution is 5.92. The van der Waals surface area contributed by atoms with Crippen LogP contribution >= 0.6 is 0 Å². The molecule has 0 radical (unpaired) electrons. The standard InChI is InChI=1S/C20H27N/c1-4-5-6-9-14-21-15-20(2,3)19-17-11-8-7-10-16(17)12-13-18(19)21/h7-8,10-13H,4-6,9,14-15H2,1-3H3. The van der Waals surface area contributed by atoms with Gasteiger partial charge in [0.2, 0.25) is 0 Å². The Morgan fingerprint density at radius 2 is 1.81 bits per heavy atom. The van der Waals surface area contributed by atoms with Gasteiger partial charge in [0.1, 0.15) is 0 Å². The van der Waals surface area contributed by atoms with Crippen molar-refractivity contribution < 1.29 is 0 Å². The molecule has 1 aliphatic rings. The maximum Gasteiger partial charge on any atom is 0.0411 e. The molecule has 0 aromatic heterocycles. The second kappa shape index (κ2) is 5.71. The van der Waals surface area contributed by atoms with E-state index in [2.05, 4.69) is 62.1 Å². The third-order valence-electron chi connectivity index (χ3n) is 4.79. The van der Waals surface area contributed by atoms with Gasteiger partial charge in [-0.1, -0.05) is 70.4 Å². The van der Waals surface area contributed by atoms with Gasteiger partial charge in [-0.05, 0) is 28.8 Å². The maximum atomic E-state index is 2.61. The van der Waals surface area contributed by atoms with Crippen LogP contribution in [0, 0.1) is 0 Å². The molecule has 0 bridgehead atoms. The molecule has 0 amide bonds. The predicted molar refractivity (Wildman–Crippen MR) is 93.3 cm³/mol. The van der Waals surface area contributed by atoms with Crippen LogP contribution in [0.1, 0.15) is 52.0 Å². The Labute approximate surface area is 129 Å². The van der Waals surface area contributed by atoms with Crippen LogP contribution in [0.25, 0.3) is 10.8 Å². The molecule has 1 nitrogen and oxygen atoms in total. The van der Waals surface area contributed by atoms with Crippen molar-refractivity contribution in [2.24, 2.45) is 0 Å². The van der Waals surface area contributed by atoms with Crippen LogP contribution in [-0.4, -0.2) is 13.1 Å². The molecule has 1 heteroatoms. The van der Waals surface area contributed by atoms with Crippen LogP contribution in [0.15, 0.2) is 36.4 Å². The van der Waals surface area contributed by atoms with Gasteiger partial charge in [0, 0.05) is 24.2 Å². The van der Waals surface area contributed by atoms with Gasteiger partial charge in [-0.3, -0.25) is 0 Å². The van der Waals surface area contributed by atoms with Gasteiger partial charge in [0.25, 0.3) is 0 Å². The molecule has 2 aromatic rings. The minimum absolute atomic E-state index is 0.251. The summed E-state index contributed by atoms with van der Waals surface area (Å²) in [5, 5.41) is 2.81. The molecular formula is C20H27N. The molecule has 112 valence electrons. The number of unbranched alkanes of at least 4 members (excludes halogenated alkanes) is 3. The van der Waals surface area contributed by atoms with Crippen molar-refractivity contribution in [2.45, 2.75) is 51.9 Å². The zero-order chi connectivity index (χ0) is 14.9. The van der Waals surface area contributed by atoms with Crippen molar-refractivity contribution in [2.75, 3.05) is 18.0 Å². The van der Waals surface area contributed by atoms with Crippen LogP contribution in [0.2, 0.25) is 0 Å². The van der Waals surface area contributed by atoms with Crippen LogP contribution in [0.4, 0.5) is 5.69 Å². The summed E-state index contributed by atoms with van der Waals surface area (Å²) in [4.78, 5) is 2.61. The van der Waals surface area contributed by atoms with E-state index in [1.165, 1.54) is 48.7 Å². The zero-order valence-electron chi connectivity index (χ0n) is 13.7. The van der Waals surface area contributed by atoms with E-state index in [0.717, 1.165) is 6.54 Å². The third kappa shape index (κ3) is 2.66. The second-order valence-electron chi connectivity index (χ2n) is 7.05. The molecule has 0 spiro atoms. The predicted octanol–water partition coefficient (Wildman–Crippen LogP) is 5.52. The van der Waals surface area contributed by atoms with Crippen molar-refractivity contribution in [3.05, 3.63) is 42.0 Å². The number of anilines is 1. The lowest BCUT2D eigenvalue weighted by atomic mass is 9.84. The molecule has 1 heterocycles. The summed E-state index contributed by atoms with van der Waals surface area (Å²) in [5.74, 6) is 0. The first kappa shape index (κ1) is 14.4. The van der Waals surface area contributed by atoms with Crippen molar-refractivity contribution in [1.82, 2.24) is 0 Å². The summed E-state index contributed by atoms with van der Waals surface area (Å²) in [6.45, 7) is 9.42. The van der Waals surface area contributed by atoms with E-state index < -0.39 is 0 Å². The number of nitrogens with zero attached hydrogens (tertiary/aromatic N) is 1. The molecule has 21 heavy (non-hydrogen) atoms. The topological polar surface area (TPSA) is 3.24 Å². The summed E-state index contributed by atoms with van der Waals surface area (Å²) < 4.78 is 0. The van der Waals surface area contributed by atoms with Crippen LogP contribution in [0.5, 0.6) is 0 Å². The van der Waals surface area contributed by atoms with Gasteiger partial charge in [-0.25, -0.2) is 0 Å². The van der Waals surface area contributed by atoms with Crippen LogP contribution in [0.3, 0.4) is 0 Å². The summed E-state index contributed by atoms with van der Waals surface area (Å²) in [6, 6.07) is 13.5. The van der Waals surface area contributed by atoms with E-state index in [9.17, 15) is 0 Å². The fourth-order valence-electron chi connectivity index (χ4n) is 3.81. The average molecular weight is 281 g/mol. The lowest BCUT2D eigenvalue weighted by Gasteiger charge is -2.22. The minimum atomic E-state index is 0.251. The van der Waals surface area contributed by atoms with Crippen LogP contribution < -0.4 is 4.90 Å². The Morgan fingerprint density at radius 3 is 2.62 bits per heavy atom.